The molecule has 0 saturated heterocycles. The predicted octanol–water partition coefficient (Wildman–Crippen LogP) is 1.28. The molecule has 0 saturated carbocycles. The van der Waals surface area contributed by atoms with Crippen molar-refractivity contribution in [1.82, 2.24) is 10.3 Å². The zero-order valence-electron chi connectivity index (χ0n) is 9.34. The van der Waals surface area contributed by atoms with Crippen molar-refractivity contribution in [2.75, 3.05) is 6.61 Å². The number of furan rings is 1. The first-order chi connectivity index (χ1) is 8.70. The highest BCUT2D eigenvalue weighted by Crippen LogP contribution is 2.13. The molecule has 1 atom stereocenters. The molecule has 0 aromatic carbocycles. The van der Waals surface area contributed by atoms with Crippen molar-refractivity contribution in [2.45, 2.75) is 6.04 Å². The maximum absolute atomic E-state index is 12.9. The van der Waals surface area contributed by atoms with E-state index in [1.807, 2.05) is 0 Å². The summed E-state index contributed by atoms with van der Waals surface area (Å²) in [4.78, 5) is 15.2. The zero-order chi connectivity index (χ0) is 13.0. The van der Waals surface area contributed by atoms with Crippen LogP contribution >= 0.6 is 0 Å². The van der Waals surface area contributed by atoms with Gasteiger partial charge in [0.15, 0.2) is 0 Å². The summed E-state index contributed by atoms with van der Waals surface area (Å²) in [6.07, 6.45) is 2.64. The van der Waals surface area contributed by atoms with Crippen molar-refractivity contribution in [3.63, 3.8) is 0 Å². The van der Waals surface area contributed by atoms with Crippen LogP contribution in [0.25, 0.3) is 0 Å². The van der Waals surface area contributed by atoms with E-state index in [2.05, 4.69) is 10.3 Å². The van der Waals surface area contributed by atoms with E-state index in [-0.39, 0.29) is 12.2 Å². The van der Waals surface area contributed by atoms with Gasteiger partial charge >= 0.3 is 0 Å². The summed E-state index contributed by atoms with van der Waals surface area (Å²) in [5, 5.41) is 11.7. The van der Waals surface area contributed by atoms with E-state index in [1.165, 1.54) is 18.5 Å². The minimum absolute atomic E-state index is 0.132. The predicted molar refractivity (Wildman–Crippen MR) is 60.2 cm³/mol. The van der Waals surface area contributed by atoms with Gasteiger partial charge in [-0.15, -0.1) is 0 Å². The SMILES string of the molecule is O=C(NC(CO)c1ccco1)c1ccnc(F)c1. The Morgan fingerprint density at radius 1 is 1.56 bits per heavy atom. The lowest BCUT2D eigenvalue weighted by atomic mass is 10.2. The second kappa shape index (κ2) is 5.42. The summed E-state index contributed by atoms with van der Waals surface area (Å²) in [5.41, 5.74) is 0.132. The molecule has 1 unspecified atom stereocenters. The highest BCUT2D eigenvalue weighted by molar-refractivity contribution is 5.94. The third-order valence-corrected chi connectivity index (χ3v) is 2.36. The minimum Gasteiger partial charge on any atom is -0.467 e. The first-order valence-corrected chi connectivity index (χ1v) is 5.27. The van der Waals surface area contributed by atoms with Crippen LogP contribution in [0.15, 0.2) is 41.1 Å². The number of nitrogens with zero attached hydrogens (tertiary/aromatic N) is 1. The molecular weight excluding hydrogens is 239 g/mol. The molecule has 0 spiro atoms. The Morgan fingerprint density at radius 2 is 2.39 bits per heavy atom. The number of aliphatic hydroxyl groups excluding tert-OH is 1. The monoisotopic (exact) mass is 250 g/mol. The second-order valence-corrected chi connectivity index (χ2v) is 3.59. The Balaban J connectivity index is 2.11. The lowest BCUT2D eigenvalue weighted by molar-refractivity contribution is 0.0906. The van der Waals surface area contributed by atoms with Gasteiger partial charge in [-0.1, -0.05) is 0 Å². The summed E-state index contributed by atoms with van der Waals surface area (Å²) >= 11 is 0. The Bertz CT molecular complexity index is 528. The number of aliphatic hydroxyl groups is 1. The largest absolute Gasteiger partial charge is 0.467 e. The quantitative estimate of drug-likeness (QED) is 0.801. The molecule has 5 nitrogen and oxygen atoms in total. The first kappa shape index (κ1) is 12.3. The van der Waals surface area contributed by atoms with Gasteiger partial charge in [0.2, 0.25) is 5.95 Å². The van der Waals surface area contributed by atoms with E-state index >= 15 is 0 Å². The Hall–Kier alpha value is -2.21. The van der Waals surface area contributed by atoms with Gasteiger partial charge in [0.05, 0.1) is 12.9 Å². The second-order valence-electron chi connectivity index (χ2n) is 3.59. The van der Waals surface area contributed by atoms with Crippen molar-refractivity contribution >= 4 is 5.91 Å². The van der Waals surface area contributed by atoms with Crippen LogP contribution in [0, 0.1) is 5.95 Å². The van der Waals surface area contributed by atoms with Crippen molar-refractivity contribution in [1.29, 1.82) is 0 Å². The van der Waals surface area contributed by atoms with Crippen LogP contribution < -0.4 is 5.32 Å². The molecule has 2 rings (SSSR count). The van der Waals surface area contributed by atoms with Crippen LogP contribution in [-0.4, -0.2) is 22.6 Å². The van der Waals surface area contributed by atoms with Crippen LogP contribution in [-0.2, 0) is 0 Å². The summed E-state index contributed by atoms with van der Waals surface area (Å²) in [7, 11) is 0. The number of pyridine rings is 1. The third-order valence-electron chi connectivity index (χ3n) is 2.36. The molecule has 2 heterocycles. The smallest absolute Gasteiger partial charge is 0.252 e. The van der Waals surface area contributed by atoms with Gasteiger partial charge in [-0.2, -0.15) is 4.39 Å². The maximum atomic E-state index is 12.9. The van der Waals surface area contributed by atoms with Gasteiger partial charge in [0.25, 0.3) is 5.91 Å². The van der Waals surface area contributed by atoms with Gasteiger partial charge in [-0.05, 0) is 18.2 Å². The van der Waals surface area contributed by atoms with Crippen LogP contribution in [0.5, 0.6) is 0 Å². The summed E-state index contributed by atoms with van der Waals surface area (Å²) in [6.45, 7) is -0.313. The number of amides is 1. The number of rotatable bonds is 4. The third kappa shape index (κ3) is 2.72. The van der Waals surface area contributed by atoms with Crippen LogP contribution in [0.1, 0.15) is 22.2 Å². The summed E-state index contributed by atoms with van der Waals surface area (Å²) in [6, 6.07) is 5.02. The molecule has 0 radical (unpaired) electrons. The summed E-state index contributed by atoms with van der Waals surface area (Å²) in [5.74, 6) is -0.812. The fourth-order valence-corrected chi connectivity index (χ4v) is 1.48. The average Bonchev–Trinajstić information content (AvgIpc) is 2.89. The van der Waals surface area contributed by atoms with Gasteiger partial charge in [0.1, 0.15) is 11.8 Å². The van der Waals surface area contributed by atoms with Gasteiger partial charge < -0.3 is 14.8 Å². The summed E-state index contributed by atoms with van der Waals surface area (Å²) < 4.78 is 17.9. The lowest BCUT2D eigenvalue weighted by Crippen LogP contribution is -2.30. The number of carbonyl (C=O) groups excluding carboxylic acids is 1. The molecule has 2 N–H and O–H groups in total. The van der Waals surface area contributed by atoms with Crippen LogP contribution in [0.3, 0.4) is 0 Å². The highest BCUT2D eigenvalue weighted by Gasteiger charge is 2.17. The van der Waals surface area contributed by atoms with E-state index in [1.54, 1.807) is 12.1 Å². The zero-order valence-corrected chi connectivity index (χ0v) is 9.34. The van der Waals surface area contributed by atoms with E-state index in [0.29, 0.717) is 5.76 Å². The molecular formula is C12H11FN2O3. The van der Waals surface area contributed by atoms with Crippen molar-refractivity contribution in [3.8, 4) is 0 Å². The Kier molecular flexibility index (Phi) is 3.69. The first-order valence-electron chi connectivity index (χ1n) is 5.27. The topological polar surface area (TPSA) is 75.4 Å². The number of aromatic nitrogens is 1. The lowest BCUT2D eigenvalue weighted by Gasteiger charge is -2.13. The maximum Gasteiger partial charge on any atom is 0.252 e. The normalized spacial score (nSPS) is 12.1. The molecule has 2 aromatic heterocycles. The Labute approximate surface area is 102 Å². The van der Waals surface area contributed by atoms with E-state index in [4.69, 9.17) is 4.42 Å². The van der Waals surface area contributed by atoms with Gasteiger partial charge in [-0.3, -0.25) is 4.79 Å². The standard InChI is InChI=1S/C12H11FN2O3/c13-11-6-8(3-4-14-11)12(17)15-9(7-16)10-2-1-5-18-10/h1-6,9,16H,7H2,(H,15,17). The molecule has 0 aliphatic rings. The number of hydrogen-bond donors (Lipinski definition) is 2. The molecule has 0 aliphatic carbocycles. The fraction of sp³-hybridized carbons (Fsp3) is 0.167. The van der Waals surface area contributed by atoms with E-state index in [9.17, 15) is 14.3 Å². The molecule has 0 bridgehead atoms. The number of hydrogen-bond acceptors (Lipinski definition) is 4. The molecule has 0 aliphatic heterocycles. The fourth-order valence-electron chi connectivity index (χ4n) is 1.48. The molecule has 0 fully saturated rings. The Morgan fingerprint density at radius 3 is 3.00 bits per heavy atom. The van der Waals surface area contributed by atoms with E-state index in [0.717, 1.165) is 6.07 Å². The van der Waals surface area contributed by atoms with Crippen molar-refractivity contribution < 1.29 is 18.7 Å². The minimum atomic E-state index is -0.735. The molecule has 6 heteroatoms. The van der Waals surface area contributed by atoms with Crippen LogP contribution in [0.2, 0.25) is 0 Å². The van der Waals surface area contributed by atoms with Gasteiger partial charge in [-0.25, -0.2) is 4.98 Å². The molecule has 2 aromatic rings. The number of halogens is 1. The average molecular weight is 250 g/mol. The van der Waals surface area contributed by atoms with Crippen molar-refractivity contribution in [2.24, 2.45) is 0 Å². The number of carbonyl (C=O) groups is 1. The van der Waals surface area contributed by atoms with Crippen LogP contribution in [0.4, 0.5) is 4.39 Å². The molecule has 1 amide bonds. The highest BCUT2D eigenvalue weighted by atomic mass is 19.1. The molecule has 18 heavy (non-hydrogen) atoms. The molecule has 94 valence electrons. The number of nitrogens with one attached hydrogen (secondary N) is 1. The van der Waals surface area contributed by atoms with Crippen molar-refractivity contribution in [3.05, 3.63) is 54.0 Å². The van der Waals surface area contributed by atoms with Gasteiger partial charge in [0, 0.05) is 17.8 Å². The van der Waals surface area contributed by atoms with E-state index < -0.39 is 17.9 Å².